The van der Waals surface area contributed by atoms with E-state index in [0.717, 1.165) is 29.2 Å². The minimum absolute atomic E-state index is 0.287. The molecule has 1 aliphatic heterocycles. The van der Waals surface area contributed by atoms with Gasteiger partial charge >= 0.3 is 0 Å². The Morgan fingerprint density at radius 1 is 1.47 bits per heavy atom. The molecule has 4 heteroatoms. The van der Waals surface area contributed by atoms with Gasteiger partial charge in [-0.25, -0.2) is 0 Å². The Labute approximate surface area is 107 Å². The average Bonchev–Trinajstić information content (AvgIpc) is 2.40. The predicted molar refractivity (Wildman–Crippen MR) is 71.9 cm³/mol. The smallest absolute Gasteiger partial charge is 0.166 e. The van der Waals surface area contributed by atoms with E-state index in [-0.39, 0.29) is 6.10 Å². The van der Waals surface area contributed by atoms with Crippen molar-refractivity contribution in [3.8, 4) is 11.5 Å². The van der Waals surface area contributed by atoms with Gasteiger partial charge in [-0.05, 0) is 24.7 Å². The van der Waals surface area contributed by atoms with E-state index < -0.39 is 0 Å². The van der Waals surface area contributed by atoms with Crippen LogP contribution < -0.4 is 15.2 Å². The van der Waals surface area contributed by atoms with Crippen LogP contribution in [0.4, 0.5) is 0 Å². The van der Waals surface area contributed by atoms with Crippen LogP contribution in [0.5, 0.6) is 11.5 Å². The van der Waals surface area contributed by atoms with Gasteiger partial charge in [0, 0.05) is 17.9 Å². The highest BCUT2D eigenvalue weighted by Gasteiger charge is 2.18. The number of para-hydroxylation sites is 1. The molecule has 1 heterocycles. The first-order chi connectivity index (χ1) is 8.35. The van der Waals surface area contributed by atoms with Gasteiger partial charge in [0.05, 0.1) is 7.11 Å². The Balaban J connectivity index is 2.16. The Morgan fingerprint density at radius 3 is 3.00 bits per heavy atom. The zero-order chi connectivity index (χ0) is 12.1. The van der Waals surface area contributed by atoms with E-state index in [4.69, 9.17) is 15.2 Å². The van der Waals surface area contributed by atoms with Crippen molar-refractivity contribution < 1.29 is 9.47 Å². The van der Waals surface area contributed by atoms with Crippen LogP contribution in [0.15, 0.2) is 18.2 Å². The van der Waals surface area contributed by atoms with Crippen LogP contribution in [-0.2, 0) is 6.54 Å². The maximum Gasteiger partial charge on any atom is 0.166 e. The molecule has 94 valence electrons. The Bertz CT molecular complexity index is 342. The van der Waals surface area contributed by atoms with E-state index >= 15 is 0 Å². The van der Waals surface area contributed by atoms with Gasteiger partial charge < -0.3 is 15.2 Å². The van der Waals surface area contributed by atoms with E-state index in [0.29, 0.717) is 6.54 Å². The van der Waals surface area contributed by atoms with Crippen LogP contribution in [0.25, 0.3) is 0 Å². The van der Waals surface area contributed by atoms with Crippen molar-refractivity contribution in [3.63, 3.8) is 0 Å². The molecule has 1 atom stereocenters. The Hall–Kier alpha value is -0.870. The highest BCUT2D eigenvalue weighted by atomic mass is 32.2. The topological polar surface area (TPSA) is 44.5 Å². The van der Waals surface area contributed by atoms with Crippen molar-refractivity contribution in [2.45, 2.75) is 25.5 Å². The molecule has 1 aromatic carbocycles. The molecule has 1 unspecified atom stereocenters. The molecule has 0 saturated carbocycles. The third-order valence-electron chi connectivity index (χ3n) is 2.90. The molecule has 1 aliphatic rings. The molecule has 0 aromatic heterocycles. The van der Waals surface area contributed by atoms with Crippen LogP contribution in [0.3, 0.4) is 0 Å². The molecule has 0 bridgehead atoms. The summed E-state index contributed by atoms with van der Waals surface area (Å²) in [7, 11) is 1.66. The number of hydrogen-bond donors (Lipinski definition) is 1. The van der Waals surface area contributed by atoms with Crippen molar-refractivity contribution >= 4 is 11.8 Å². The van der Waals surface area contributed by atoms with E-state index in [9.17, 15) is 0 Å². The SMILES string of the molecule is COc1cccc(CN)c1OC1CCCSC1. The molecule has 2 rings (SSSR count). The average molecular weight is 253 g/mol. The van der Waals surface area contributed by atoms with Crippen LogP contribution >= 0.6 is 11.8 Å². The number of rotatable bonds is 4. The first-order valence-electron chi connectivity index (χ1n) is 5.95. The largest absolute Gasteiger partial charge is 0.493 e. The summed E-state index contributed by atoms with van der Waals surface area (Å²) in [5, 5.41) is 0. The molecular weight excluding hydrogens is 234 g/mol. The molecular formula is C13H19NO2S. The summed E-state index contributed by atoms with van der Waals surface area (Å²) < 4.78 is 11.4. The zero-order valence-corrected chi connectivity index (χ0v) is 11.0. The van der Waals surface area contributed by atoms with Crippen LogP contribution in [0.1, 0.15) is 18.4 Å². The second-order valence-corrected chi connectivity index (χ2v) is 5.26. The number of ether oxygens (including phenoxy) is 2. The summed E-state index contributed by atoms with van der Waals surface area (Å²) in [5.74, 6) is 3.91. The molecule has 0 aliphatic carbocycles. The van der Waals surface area contributed by atoms with Crippen molar-refractivity contribution in [2.75, 3.05) is 18.6 Å². The standard InChI is InChI=1S/C13H19NO2S/c1-15-12-6-2-4-10(8-14)13(12)16-11-5-3-7-17-9-11/h2,4,6,11H,3,5,7-9,14H2,1H3. The summed E-state index contributed by atoms with van der Waals surface area (Å²) >= 11 is 1.95. The molecule has 1 aromatic rings. The van der Waals surface area contributed by atoms with Gasteiger partial charge in [0.2, 0.25) is 0 Å². The Kier molecular flexibility index (Phi) is 4.57. The monoisotopic (exact) mass is 253 g/mol. The van der Waals surface area contributed by atoms with Crippen LogP contribution in [0.2, 0.25) is 0 Å². The number of methoxy groups -OCH3 is 1. The second-order valence-electron chi connectivity index (χ2n) is 4.11. The lowest BCUT2D eigenvalue weighted by Gasteiger charge is -2.25. The summed E-state index contributed by atoms with van der Waals surface area (Å²) in [5.41, 5.74) is 6.75. The number of hydrogen-bond acceptors (Lipinski definition) is 4. The summed E-state index contributed by atoms with van der Waals surface area (Å²) in [6.45, 7) is 0.479. The van der Waals surface area contributed by atoms with Gasteiger partial charge in [0.15, 0.2) is 11.5 Å². The number of nitrogens with two attached hydrogens (primary N) is 1. The van der Waals surface area contributed by atoms with Crippen molar-refractivity contribution in [2.24, 2.45) is 5.73 Å². The molecule has 2 N–H and O–H groups in total. The maximum absolute atomic E-state index is 6.07. The molecule has 0 radical (unpaired) electrons. The van der Waals surface area contributed by atoms with Crippen LogP contribution in [0, 0.1) is 0 Å². The van der Waals surface area contributed by atoms with Crippen LogP contribution in [-0.4, -0.2) is 24.7 Å². The van der Waals surface area contributed by atoms with Gasteiger partial charge in [-0.3, -0.25) is 0 Å². The molecule has 0 amide bonds. The molecule has 0 spiro atoms. The third kappa shape index (κ3) is 3.07. The first-order valence-corrected chi connectivity index (χ1v) is 7.11. The van der Waals surface area contributed by atoms with E-state index in [2.05, 4.69) is 0 Å². The third-order valence-corrected chi connectivity index (χ3v) is 4.09. The second kappa shape index (κ2) is 6.17. The summed E-state index contributed by atoms with van der Waals surface area (Å²) in [6.07, 6.45) is 2.63. The lowest BCUT2D eigenvalue weighted by Crippen LogP contribution is -2.24. The fourth-order valence-corrected chi connectivity index (χ4v) is 3.02. The lowest BCUT2D eigenvalue weighted by atomic mass is 10.1. The minimum Gasteiger partial charge on any atom is -0.493 e. The number of benzene rings is 1. The molecule has 3 nitrogen and oxygen atoms in total. The highest BCUT2D eigenvalue weighted by molar-refractivity contribution is 7.99. The molecule has 17 heavy (non-hydrogen) atoms. The minimum atomic E-state index is 0.287. The van der Waals surface area contributed by atoms with Gasteiger partial charge in [-0.2, -0.15) is 11.8 Å². The maximum atomic E-state index is 6.07. The normalized spacial score (nSPS) is 20.0. The fourth-order valence-electron chi connectivity index (χ4n) is 1.99. The van der Waals surface area contributed by atoms with E-state index in [1.165, 1.54) is 12.2 Å². The quantitative estimate of drug-likeness (QED) is 0.895. The molecule has 1 saturated heterocycles. The van der Waals surface area contributed by atoms with Crippen molar-refractivity contribution in [1.29, 1.82) is 0 Å². The number of thioether (sulfide) groups is 1. The first kappa shape index (κ1) is 12.6. The van der Waals surface area contributed by atoms with E-state index in [1.807, 2.05) is 30.0 Å². The lowest BCUT2D eigenvalue weighted by molar-refractivity contribution is 0.200. The van der Waals surface area contributed by atoms with Gasteiger partial charge in [-0.1, -0.05) is 12.1 Å². The Morgan fingerprint density at radius 2 is 2.35 bits per heavy atom. The summed E-state index contributed by atoms with van der Waals surface area (Å²) in [6, 6.07) is 5.86. The van der Waals surface area contributed by atoms with Gasteiger partial charge in [-0.15, -0.1) is 0 Å². The van der Waals surface area contributed by atoms with Gasteiger partial charge in [0.1, 0.15) is 6.10 Å². The predicted octanol–water partition coefficient (Wildman–Crippen LogP) is 2.43. The summed E-state index contributed by atoms with van der Waals surface area (Å²) in [4.78, 5) is 0. The highest BCUT2D eigenvalue weighted by Crippen LogP contribution is 2.33. The molecule has 1 fully saturated rings. The van der Waals surface area contributed by atoms with E-state index in [1.54, 1.807) is 7.11 Å². The zero-order valence-electron chi connectivity index (χ0n) is 10.1. The van der Waals surface area contributed by atoms with Crippen molar-refractivity contribution in [3.05, 3.63) is 23.8 Å². The fraction of sp³-hybridized carbons (Fsp3) is 0.538. The van der Waals surface area contributed by atoms with Crippen molar-refractivity contribution in [1.82, 2.24) is 0 Å². The van der Waals surface area contributed by atoms with Gasteiger partial charge in [0.25, 0.3) is 0 Å².